The molecule has 0 amide bonds. The molecule has 0 rings (SSSR count). The average molecular weight is 210 g/mol. The molecular formula is C9H13F3O2. The zero-order valence-electron chi connectivity index (χ0n) is 7.90. The molecule has 5 heteroatoms. The maximum Gasteiger partial charge on any atom is 0.331 e. The third-order valence-corrected chi connectivity index (χ3v) is 1.93. The molecule has 0 fully saturated rings. The van der Waals surface area contributed by atoms with E-state index in [1.807, 2.05) is 0 Å². The molecule has 0 unspecified atom stereocenters. The van der Waals surface area contributed by atoms with E-state index in [2.05, 4.69) is 0 Å². The van der Waals surface area contributed by atoms with Crippen LogP contribution in [0, 0.1) is 5.41 Å². The van der Waals surface area contributed by atoms with Gasteiger partial charge in [0.25, 0.3) is 0 Å². The molecular weight excluding hydrogens is 197 g/mol. The number of rotatable bonds is 6. The largest absolute Gasteiger partial charge is 0.478 e. The summed E-state index contributed by atoms with van der Waals surface area (Å²) in [5, 5.41) is 8.59. The van der Waals surface area contributed by atoms with E-state index in [0.717, 1.165) is 6.08 Å². The first-order chi connectivity index (χ1) is 6.55. The molecule has 2 nitrogen and oxygen atoms in total. The molecule has 0 aromatic heterocycles. The number of carboxylic acid groups (broad SMARTS) is 1. The maximum atomic E-state index is 12.4. The van der Waals surface area contributed by atoms with E-state index in [-0.39, 0.29) is 12.0 Å². The van der Waals surface area contributed by atoms with Gasteiger partial charge in [-0.1, -0.05) is 13.0 Å². The zero-order valence-corrected chi connectivity index (χ0v) is 7.90. The summed E-state index contributed by atoms with van der Waals surface area (Å²) in [7, 11) is 0. The van der Waals surface area contributed by atoms with Crippen LogP contribution in [-0.4, -0.2) is 31.1 Å². The molecule has 0 bridgehead atoms. The van der Waals surface area contributed by atoms with Gasteiger partial charge in [0.1, 0.15) is 20.0 Å². The monoisotopic (exact) mass is 210 g/mol. The van der Waals surface area contributed by atoms with Crippen molar-refractivity contribution in [2.24, 2.45) is 5.41 Å². The van der Waals surface area contributed by atoms with E-state index in [9.17, 15) is 18.0 Å². The second-order valence-electron chi connectivity index (χ2n) is 3.09. The van der Waals surface area contributed by atoms with Crippen LogP contribution in [0.4, 0.5) is 13.2 Å². The average Bonchev–Trinajstić information content (AvgIpc) is 2.20. The quantitative estimate of drug-likeness (QED) is 0.683. The minimum Gasteiger partial charge on any atom is -0.478 e. The Bertz CT molecular complexity index is 214. The number of hydrogen-bond donors (Lipinski definition) is 1. The Hall–Kier alpha value is -1.00. The highest BCUT2D eigenvalue weighted by molar-refractivity contribution is 5.86. The normalized spacial score (nSPS) is 13.0. The van der Waals surface area contributed by atoms with Crippen molar-refractivity contribution in [1.82, 2.24) is 0 Å². The second kappa shape index (κ2) is 5.67. The summed E-state index contributed by atoms with van der Waals surface area (Å²) in [6, 6.07) is 0. The van der Waals surface area contributed by atoms with Crippen molar-refractivity contribution < 1.29 is 23.1 Å². The Kier molecular flexibility index (Phi) is 5.27. The van der Waals surface area contributed by atoms with E-state index >= 15 is 0 Å². The van der Waals surface area contributed by atoms with Gasteiger partial charge in [0.05, 0.1) is 5.41 Å². The van der Waals surface area contributed by atoms with E-state index in [4.69, 9.17) is 5.11 Å². The molecule has 0 radical (unpaired) electrons. The van der Waals surface area contributed by atoms with Crippen LogP contribution in [0.5, 0.6) is 0 Å². The molecule has 0 aliphatic rings. The lowest BCUT2D eigenvalue weighted by Gasteiger charge is -2.20. The number of aliphatic carboxylic acids is 1. The molecule has 0 aromatic rings. The van der Waals surface area contributed by atoms with Crippen LogP contribution < -0.4 is 0 Å². The molecule has 0 heterocycles. The van der Waals surface area contributed by atoms with Crippen LogP contribution >= 0.6 is 0 Å². The number of carboxylic acids is 1. The van der Waals surface area contributed by atoms with Gasteiger partial charge in [0.2, 0.25) is 0 Å². The SMILES string of the molecule is CC/C(=C\C(CF)(CF)CF)C(=O)O. The molecule has 0 spiro atoms. The van der Waals surface area contributed by atoms with Gasteiger partial charge < -0.3 is 5.11 Å². The molecule has 82 valence electrons. The molecule has 1 N–H and O–H groups in total. The predicted octanol–water partition coefficient (Wildman–Crippen LogP) is 2.30. The lowest BCUT2D eigenvalue weighted by molar-refractivity contribution is -0.132. The molecule has 0 aliphatic heterocycles. The van der Waals surface area contributed by atoms with Crippen LogP contribution in [0.25, 0.3) is 0 Å². The lowest BCUT2D eigenvalue weighted by atomic mass is 9.90. The van der Waals surface area contributed by atoms with Gasteiger partial charge in [0.15, 0.2) is 0 Å². The minimum atomic E-state index is -1.91. The van der Waals surface area contributed by atoms with Gasteiger partial charge in [-0.25, -0.2) is 18.0 Å². The molecule has 0 aromatic carbocycles. The van der Waals surface area contributed by atoms with Crippen LogP contribution in [0.2, 0.25) is 0 Å². The maximum absolute atomic E-state index is 12.4. The van der Waals surface area contributed by atoms with Crippen molar-refractivity contribution in [3.05, 3.63) is 11.6 Å². The molecule has 0 atom stereocenters. The van der Waals surface area contributed by atoms with Crippen molar-refractivity contribution in [2.45, 2.75) is 13.3 Å². The Labute approximate surface area is 80.4 Å². The fourth-order valence-corrected chi connectivity index (χ4v) is 0.907. The van der Waals surface area contributed by atoms with Gasteiger partial charge in [-0.2, -0.15) is 0 Å². The summed E-state index contributed by atoms with van der Waals surface area (Å²) < 4.78 is 37.1. The van der Waals surface area contributed by atoms with E-state index in [1.54, 1.807) is 0 Å². The van der Waals surface area contributed by atoms with E-state index < -0.39 is 31.4 Å². The summed E-state index contributed by atoms with van der Waals surface area (Å²) in [5.74, 6) is -1.27. The van der Waals surface area contributed by atoms with Crippen LogP contribution in [0.15, 0.2) is 11.6 Å². The van der Waals surface area contributed by atoms with Crippen LogP contribution in [0.3, 0.4) is 0 Å². The Morgan fingerprint density at radius 3 is 1.93 bits per heavy atom. The van der Waals surface area contributed by atoms with Crippen LogP contribution in [-0.2, 0) is 4.79 Å². The smallest absolute Gasteiger partial charge is 0.331 e. The van der Waals surface area contributed by atoms with Crippen molar-refractivity contribution in [2.75, 3.05) is 20.0 Å². The first-order valence-corrected chi connectivity index (χ1v) is 4.18. The Morgan fingerprint density at radius 1 is 1.29 bits per heavy atom. The summed E-state index contributed by atoms with van der Waals surface area (Å²) in [6.45, 7) is -2.19. The summed E-state index contributed by atoms with van der Waals surface area (Å²) in [4.78, 5) is 10.5. The van der Waals surface area contributed by atoms with Crippen LogP contribution in [0.1, 0.15) is 13.3 Å². The van der Waals surface area contributed by atoms with Gasteiger partial charge in [-0.3, -0.25) is 0 Å². The van der Waals surface area contributed by atoms with Gasteiger partial charge >= 0.3 is 5.97 Å². The number of hydrogen-bond acceptors (Lipinski definition) is 1. The predicted molar refractivity (Wildman–Crippen MR) is 46.4 cm³/mol. The van der Waals surface area contributed by atoms with Gasteiger partial charge in [-0.05, 0) is 6.42 Å². The standard InChI is InChI=1S/C9H13F3O2/c1-2-7(8(13)14)3-9(4-10,5-11)6-12/h3H,2,4-6H2,1H3,(H,13,14)/b7-3+. The minimum absolute atomic E-state index is 0.108. The first-order valence-electron chi connectivity index (χ1n) is 4.18. The Morgan fingerprint density at radius 2 is 1.71 bits per heavy atom. The van der Waals surface area contributed by atoms with Gasteiger partial charge in [-0.15, -0.1) is 0 Å². The molecule has 0 aliphatic carbocycles. The van der Waals surface area contributed by atoms with E-state index in [0.29, 0.717) is 0 Å². The van der Waals surface area contributed by atoms with E-state index in [1.165, 1.54) is 6.92 Å². The Balaban J connectivity index is 4.93. The molecule has 0 saturated carbocycles. The topological polar surface area (TPSA) is 37.3 Å². The lowest BCUT2D eigenvalue weighted by Crippen LogP contribution is -2.27. The molecule has 0 saturated heterocycles. The van der Waals surface area contributed by atoms with Crippen molar-refractivity contribution in [1.29, 1.82) is 0 Å². The van der Waals surface area contributed by atoms with Crippen molar-refractivity contribution in [3.8, 4) is 0 Å². The number of halogens is 3. The number of alkyl halides is 3. The highest BCUT2D eigenvalue weighted by atomic mass is 19.1. The zero-order chi connectivity index (χ0) is 11.2. The first kappa shape index (κ1) is 13.0. The number of allylic oxidation sites excluding steroid dienone is 1. The summed E-state index contributed by atoms with van der Waals surface area (Å²) >= 11 is 0. The fourth-order valence-electron chi connectivity index (χ4n) is 0.907. The highest BCUT2D eigenvalue weighted by Gasteiger charge is 2.29. The third-order valence-electron chi connectivity index (χ3n) is 1.93. The van der Waals surface area contributed by atoms with Crippen molar-refractivity contribution >= 4 is 5.97 Å². The second-order valence-corrected chi connectivity index (χ2v) is 3.09. The van der Waals surface area contributed by atoms with Crippen molar-refractivity contribution in [3.63, 3.8) is 0 Å². The summed E-state index contributed by atoms with van der Waals surface area (Å²) in [6.07, 6.45) is 0.951. The third kappa shape index (κ3) is 3.05. The summed E-state index contributed by atoms with van der Waals surface area (Å²) in [5.41, 5.74) is -2.08. The molecule has 14 heavy (non-hydrogen) atoms. The fraction of sp³-hybridized carbons (Fsp3) is 0.667. The number of carbonyl (C=O) groups is 1. The highest BCUT2D eigenvalue weighted by Crippen LogP contribution is 2.24. The van der Waals surface area contributed by atoms with Gasteiger partial charge in [0, 0.05) is 5.57 Å².